The normalized spacial score (nSPS) is 20.1. The summed E-state index contributed by atoms with van der Waals surface area (Å²) >= 11 is 0. The molecule has 4 heteroatoms. The molecule has 0 aromatic heterocycles. The molecule has 1 aliphatic heterocycles. The van der Waals surface area contributed by atoms with Crippen LogP contribution in [-0.4, -0.2) is 22.6 Å². The van der Waals surface area contributed by atoms with Crippen molar-refractivity contribution in [3.8, 4) is 0 Å². The summed E-state index contributed by atoms with van der Waals surface area (Å²) in [5.41, 5.74) is 1.74. The van der Waals surface area contributed by atoms with E-state index < -0.39 is 6.09 Å². The summed E-state index contributed by atoms with van der Waals surface area (Å²) in [5.74, 6) is -0.277. The molecule has 1 aromatic carbocycles. The highest BCUT2D eigenvalue weighted by Gasteiger charge is 2.30. The Balaban J connectivity index is 2.32. The van der Waals surface area contributed by atoms with Crippen LogP contribution < -0.4 is 0 Å². The molecule has 0 saturated carbocycles. The van der Waals surface area contributed by atoms with Crippen LogP contribution >= 0.6 is 0 Å². The van der Waals surface area contributed by atoms with Gasteiger partial charge in [0.2, 0.25) is 0 Å². The highest BCUT2D eigenvalue weighted by atomic mass is 19.1. The maximum absolute atomic E-state index is 13.0. The molecule has 1 heterocycles. The van der Waals surface area contributed by atoms with Crippen molar-refractivity contribution >= 4 is 6.09 Å². The van der Waals surface area contributed by atoms with Crippen LogP contribution in [0, 0.1) is 12.7 Å². The number of benzene rings is 1. The molecule has 1 aliphatic rings. The molecule has 1 atom stereocenters. The number of rotatable bonds is 1. The fraction of sp³-hybridized carbons (Fsp3) is 0.417. The molecule has 1 saturated heterocycles. The van der Waals surface area contributed by atoms with Gasteiger partial charge >= 0.3 is 6.09 Å². The summed E-state index contributed by atoms with van der Waals surface area (Å²) < 4.78 is 13.0. The van der Waals surface area contributed by atoms with Crippen molar-refractivity contribution in [3.05, 3.63) is 35.1 Å². The quantitative estimate of drug-likeness (QED) is 0.795. The molecular formula is C12H14FNO2. The Morgan fingerprint density at radius 3 is 2.94 bits per heavy atom. The summed E-state index contributed by atoms with van der Waals surface area (Å²) in [6.07, 6.45) is 0.790. The maximum atomic E-state index is 13.0. The first-order valence-corrected chi connectivity index (χ1v) is 5.35. The molecule has 2 rings (SSSR count). The molecule has 86 valence electrons. The second-order valence-corrected chi connectivity index (χ2v) is 4.13. The van der Waals surface area contributed by atoms with E-state index in [0.717, 1.165) is 24.0 Å². The number of hydrogen-bond acceptors (Lipinski definition) is 1. The molecule has 0 radical (unpaired) electrons. The predicted octanol–water partition coefficient (Wildman–Crippen LogP) is 2.95. The zero-order valence-corrected chi connectivity index (χ0v) is 9.11. The van der Waals surface area contributed by atoms with Gasteiger partial charge in [-0.05, 0) is 43.0 Å². The van der Waals surface area contributed by atoms with Crippen molar-refractivity contribution in [2.75, 3.05) is 6.54 Å². The summed E-state index contributed by atoms with van der Waals surface area (Å²) in [6.45, 7) is 2.38. The number of aryl methyl sites for hydroxylation is 1. The van der Waals surface area contributed by atoms with Crippen LogP contribution in [0.4, 0.5) is 9.18 Å². The van der Waals surface area contributed by atoms with Crippen LogP contribution in [0.15, 0.2) is 18.2 Å². The van der Waals surface area contributed by atoms with E-state index in [2.05, 4.69) is 0 Å². The Labute approximate surface area is 93.5 Å². The van der Waals surface area contributed by atoms with Crippen molar-refractivity contribution in [2.24, 2.45) is 0 Å². The number of amides is 1. The van der Waals surface area contributed by atoms with Crippen LogP contribution in [0.1, 0.15) is 30.0 Å². The lowest BCUT2D eigenvalue weighted by Crippen LogP contribution is -2.29. The largest absolute Gasteiger partial charge is 0.465 e. The van der Waals surface area contributed by atoms with Gasteiger partial charge in [0.15, 0.2) is 0 Å². The second-order valence-electron chi connectivity index (χ2n) is 4.13. The standard InChI is InChI=1S/C12H14FNO2/c1-8-7-9(13)4-5-10(8)11-3-2-6-14(11)12(15)16/h4-5,7,11H,2-3,6H2,1H3,(H,15,16)/t11-/m1/s1. The van der Waals surface area contributed by atoms with E-state index in [1.54, 1.807) is 6.07 Å². The molecule has 1 fully saturated rings. The first kappa shape index (κ1) is 10.9. The third-order valence-corrected chi connectivity index (χ3v) is 3.09. The fourth-order valence-electron chi connectivity index (χ4n) is 2.33. The Morgan fingerprint density at radius 2 is 2.31 bits per heavy atom. The van der Waals surface area contributed by atoms with Crippen LogP contribution in [0.3, 0.4) is 0 Å². The highest BCUT2D eigenvalue weighted by molar-refractivity contribution is 5.66. The molecule has 1 N–H and O–H groups in total. The zero-order valence-electron chi connectivity index (χ0n) is 9.11. The first-order valence-electron chi connectivity index (χ1n) is 5.35. The van der Waals surface area contributed by atoms with Gasteiger partial charge < -0.3 is 10.0 Å². The molecule has 0 spiro atoms. The minimum Gasteiger partial charge on any atom is -0.465 e. The third kappa shape index (κ3) is 1.87. The van der Waals surface area contributed by atoms with Crippen molar-refractivity contribution in [2.45, 2.75) is 25.8 Å². The highest BCUT2D eigenvalue weighted by Crippen LogP contribution is 2.33. The Hall–Kier alpha value is -1.58. The fourth-order valence-corrected chi connectivity index (χ4v) is 2.33. The van der Waals surface area contributed by atoms with Crippen LogP contribution in [-0.2, 0) is 0 Å². The van der Waals surface area contributed by atoms with E-state index >= 15 is 0 Å². The van der Waals surface area contributed by atoms with Crippen molar-refractivity contribution in [1.29, 1.82) is 0 Å². The Morgan fingerprint density at radius 1 is 1.56 bits per heavy atom. The Kier molecular flexibility index (Phi) is 2.81. The van der Waals surface area contributed by atoms with Crippen molar-refractivity contribution in [1.82, 2.24) is 4.90 Å². The third-order valence-electron chi connectivity index (χ3n) is 3.09. The van der Waals surface area contributed by atoms with E-state index in [4.69, 9.17) is 5.11 Å². The van der Waals surface area contributed by atoms with E-state index in [9.17, 15) is 9.18 Å². The SMILES string of the molecule is Cc1cc(F)ccc1[C@H]1CCCN1C(=O)O. The van der Waals surface area contributed by atoms with Gasteiger partial charge in [0.1, 0.15) is 5.82 Å². The smallest absolute Gasteiger partial charge is 0.407 e. The summed E-state index contributed by atoms with van der Waals surface area (Å²) in [6, 6.07) is 4.42. The Bertz CT molecular complexity index is 419. The lowest BCUT2D eigenvalue weighted by Gasteiger charge is -2.23. The topological polar surface area (TPSA) is 40.5 Å². The summed E-state index contributed by atoms with van der Waals surface area (Å²) in [4.78, 5) is 12.4. The van der Waals surface area contributed by atoms with Gasteiger partial charge in [-0.15, -0.1) is 0 Å². The van der Waals surface area contributed by atoms with Crippen LogP contribution in [0.25, 0.3) is 0 Å². The van der Waals surface area contributed by atoms with Gasteiger partial charge in [0.25, 0.3) is 0 Å². The number of likely N-dealkylation sites (tertiary alicyclic amines) is 1. The van der Waals surface area contributed by atoms with Gasteiger partial charge in [-0.2, -0.15) is 0 Å². The van der Waals surface area contributed by atoms with Crippen molar-refractivity contribution in [3.63, 3.8) is 0 Å². The molecule has 0 aliphatic carbocycles. The molecule has 0 unspecified atom stereocenters. The van der Waals surface area contributed by atoms with Gasteiger partial charge in [-0.25, -0.2) is 9.18 Å². The van der Waals surface area contributed by atoms with E-state index in [-0.39, 0.29) is 11.9 Å². The van der Waals surface area contributed by atoms with Gasteiger partial charge in [0, 0.05) is 6.54 Å². The minimum absolute atomic E-state index is 0.113. The number of carboxylic acid groups (broad SMARTS) is 1. The monoisotopic (exact) mass is 223 g/mol. The van der Waals surface area contributed by atoms with Crippen LogP contribution in [0.2, 0.25) is 0 Å². The number of halogens is 1. The molecule has 1 amide bonds. The second kappa shape index (κ2) is 4.12. The average molecular weight is 223 g/mol. The molecule has 3 nitrogen and oxygen atoms in total. The van der Waals surface area contributed by atoms with Gasteiger partial charge in [-0.3, -0.25) is 0 Å². The van der Waals surface area contributed by atoms with Crippen LogP contribution in [0.5, 0.6) is 0 Å². The lowest BCUT2D eigenvalue weighted by atomic mass is 9.99. The summed E-state index contributed by atoms with van der Waals surface area (Å²) in [5, 5.41) is 9.04. The van der Waals surface area contributed by atoms with E-state index in [0.29, 0.717) is 6.54 Å². The summed E-state index contributed by atoms with van der Waals surface area (Å²) in [7, 11) is 0. The molecule has 1 aromatic rings. The lowest BCUT2D eigenvalue weighted by molar-refractivity contribution is 0.140. The molecular weight excluding hydrogens is 209 g/mol. The molecule has 16 heavy (non-hydrogen) atoms. The minimum atomic E-state index is -0.897. The maximum Gasteiger partial charge on any atom is 0.407 e. The number of hydrogen-bond donors (Lipinski definition) is 1. The van der Waals surface area contributed by atoms with E-state index in [1.807, 2.05) is 6.92 Å². The first-order chi connectivity index (χ1) is 7.59. The van der Waals surface area contributed by atoms with Gasteiger partial charge in [-0.1, -0.05) is 6.07 Å². The molecule has 0 bridgehead atoms. The zero-order chi connectivity index (χ0) is 11.7. The number of nitrogens with zero attached hydrogens (tertiary/aromatic N) is 1. The number of carbonyl (C=O) groups is 1. The predicted molar refractivity (Wildman–Crippen MR) is 57.8 cm³/mol. The van der Waals surface area contributed by atoms with Crippen molar-refractivity contribution < 1.29 is 14.3 Å². The average Bonchev–Trinajstić information content (AvgIpc) is 2.66. The van der Waals surface area contributed by atoms with Gasteiger partial charge in [0.05, 0.1) is 6.04 Å². The van der Waals surface area contributed by atoms with E-state index in [1.165, 1.54) is 17.0 Å².